The Bertz CT molecular complexity index is 815. The Morgan fingerprint density at radius 2 is 2.04 bits per heavy atom. The lowest BCUT2D eigenvalue weighted by Crippen LogP contribution is -2.43. The molecule has 1 amide bonds. The van der Waals surface area contributed by atoms with Crippen molar-refractivity contribution in [3.63, 3.8) is 0 Å². The van der Waals surface area contributed by atoms with Gasteiger partial charge in [-0.3, -0.25) is 4.79 Å². The molecule has 0 spiro atoms. The van der Waals surface area contributed by atoms with Gasteiger partial charge in [0.05, 0.1) is 9.77 Å². The predicted octanol–water partition coefficient (Wildman–Crippen LogP) is 2.89. The standard InChI is InChI=1S/C18H22N2O3S2/c1-14-6-8-16(9-7-14)25(22,23)20-10-2-4-15(13-20)12-19-18(21)17-5-3-11-24-17/h3,5-9,11,15H,2,4,10,12-13H2,1H3,(H,19,21)/t15-/m1/s1. The van der Waals surface area contributed by atoms with Crippen LogP contribution in [0.4, 0.5) is 0 Å². The molecule has 0 unspecified atom stereocenters. The molecule has 1 atom stereocenters. The third-order valence-corrected chi connectivity index (χ3v) is 7.18. The number of thiophene rings is 1. The maximum atomic E-state index is 12.8. The molecular weight excluding hydrogens is 356 g/mol. The molecule has 1 fully saturated rings. The lowest BCUT2D eigenvalue weighted by Gasteiger charge is -2.32. The number of carbonyl (C=O) groups excluding carboxylic acids is 1. The third-order valence-electron chi connectivity index (χ3n) is 4.44. The van der Waals surface area contributed by atoms with E-state index in [4.69, 9.17) is 0 Å². The normalized spacial score (nSPS) is 18.8. The molecule has 2 aromatic rings. The zero-order valence-electron chi connectivity index (χ0n) is 14.1. The van der Waals surface area contributed by atoms with Crippen LogP contribution in [-0.2, 0) is 10.0 Å². The summed E-state index contributed by atoms with van der Waals surface area (Å²) in [5.41, 5.74) is 1.03. The predicted molar refractivity (Wildman–Crippen MR) is 99.3 cm³/mol. The first kappa shape index (κ1) is 18.1. The first-order chi connectivity index (χ1) is 12.0. The number of rotatable bonds is 5. The number of benzene rings is 1. The van der Waals surface area contributed by atoms with Crippen LogP contribution in [0, 0.1) is 12.8 Å². The number of nitrogens with zero attached hydrogens (tertiary/aromatic N) is 1. The minimum absolute atomic E-state index is 0.0893. The Morgan fingerprint density at radius 3 is 2.72 bits per heavy atom. The molecule has 0 radical (unpaired) electrons. The highest BCUT2D eigenvalue weighted by molar-refractivity contribution is 7.89. The molecule has 1 aromatic carbocycles. The zero-order valence-corrected chi connectivity index (χ0v) is 15.8. The van der Waals surface area contributed by atoms with Gasteiger partial charge in [-0.05, 0) is 49.3 Å². The van der Waals surface area contributed by atoms with Crippen LogP contribution in [0.1, 0.15) is 28.1 Å². The number of carbonyl (C=O) groups is 1. The third kappa shape index (κ3) is 4.29. The van der Waals surface area contributed by atoms with Gasteiger partial charge in [0.15, 0.2) is 0 Å². The molecule has 3 rings (SSSR count). The molecule has 5 nitrogen and oxygen atoms in total. The molecule has 0 aliphatic carbocycles. The van der Waals surface area contributed by atoms with Crippen LogP contribution >= 0.6 is 11.3 Å². The van der Waals surface area contributed by atoms with Gasteiger partial charge in [-0.25, -0.2) is 8.42 Å². The second-order valence-electron chi connectivity index (χ2n) is 6.37. The Hall–Kier alpha value is -1.70. The number of nitrogens with one attached hydrogen (secondary N) is 1. The van der Waals surface area contributed by atoms with Gasteiger partial charge < -0.3 is 5.32 Å². The van der Waals surface area contributed by atoms with E-state index in [1.807, 2.05) is 30.5 Å². The average molecular weight is 379 g/mol. The fourth-order valence-corrected chi connectivity index (χ4v) is 5.20. The van der Waals surface area contributed by atoms with E-state index in [1.54, 1.807) is 22.5 Å². The van der Waals surface area contributed by atoms with Gasteiger partial charge in [-0.1, -0.05) is 23.8 Å². The second-order valence-corrected chi connectivity index (χ2v) is 9.26. The van der Waals surface area contributed by atoms with Crippen LogP contribution in [0.25, 0.3) is 0 Å². The zero-order chi connectivity index (χ0) is 17.9. The van der Waals surface area contributed by atoms with E-state index in [1.165, 1.54) is 11.3 Å². The fourth-order valence-electron chi connectivity index (χ4n) is 3.00. The van der Waals surface area contributed by atoms with Gasteiger partial charge in [0.1, 0.15) is 0 Å². The molecule has 134 valence electrons. The van der Waals surface area contributed by atoms with E-state index in [0.717, 1.165) is 18.4 Å². The van der Waals surface area contributed by atoms with Crippen molar-refractivity contribution >= 4 is 27.3 Å². The lowest BCUT2D eigenvalue weighted by molar-refractivity contribution is 0.0945. The largest absolute Gasteiger partial charge is 0.351 e. The molecule has 0 saturated carbocycles. The van der Waals surface area contributed by atoms with Gasteiger partial charge in [0, 0.05) is 19.6 Å². The summed E-state index contributed by atoms with van der Waals surface area (Å²) in [6.07, 6.45) is 1.73. The fraction of sp³-hybridized carbons (Fsp3) is 0.389. The van der Waals surface area contributed by atoms with Crippen molar-refractivity contribution in [3.05, 3.63) is 52.2 Å². The summed E-state index contributed by atoms with van der Waals surface area (Å²) >= 11 is 1.40. The Kier molecular flexibility index (Phi) is 5.56. The van der Waals surface area contributed by atoms with Crippen molar-refractivity contribution in [3.8, 4) is 0 Å². The molecular formula is C18H22N2O3S2. The number of piperidine rings is 1. The second kappa shape index (κ2) is 7.68. The van der Waals surface area contributed by atoms with Crippen molar-refractivity contribution < 1.29 is 13.2 Å². The first-order valence-corrected chi connectivity index (χ1v) is 10.7. The summed E-state index contributed by atoms with van der Waals surface area (Å²) in [5.74, 6) is 0.0476. The monoisotopic (exact) mass is 378 g/mol. The van der Waals surface area contributed by atoms with E-state index in [0.29, 0.717) is 29.4 Å². The van der Waals surface area contributed by atoms with E-state index in [9.17, 15) is 13.2 Å². The summed E-state index contributed by atoms with van der Waals surface area (Å²) in [7, 11) is -3.47. The van der Waals surface area contributed by atoms with Gasteiger partial charge in [-0.2, -0.15) is 4.31 Å². The van der Waals surface area contributed by atoms with E-state index >= 15 is 0 Å². The van der Waals surface area contributed by atoms with Crippen LogP contribution in [-0.4, -0.2) is 38.3 Å². The molecule has 1 aliphatic rings. The number of aryl methyl sites for hydroxylation is 1. The SMILES string of the molecule is Cc1ccc(S(=O)(=O)N2CCC[C@H](CNC(=O)c3cccs3)C2)cc1. The van der Waals surface area contributed by atoms with Gasteiger partial charge >= 0.3 is 0 Å². The minimum Gasteiger partial charge on any atom is -0.351 e. The quantitative estimate of drug-likeness (QED) is 0.870. The summed E-state index contributed by atoms with van der Waals surface area (Å²) in [6.45, 7) is 3.41. The smallest absolute Gasteiger partial charge is 0.261 e. The Morgan fingerprint density at radius 1 is 1.28 bits per heavy atom. The highest BCUT2D eigenvalue weighted by atomic mass is 32.2. The van der Waals surface area contributed by atoms with E-state index in [2.05, 4.69) is 5.32 Å². The van der Waals surface area contributed by atoms with Crippen LogP contribution in [0.3, 0.4) is 0 Å². The molecule has 2 heterocycles. The molecule has 25 heavy (non-hydrogen) atoms. The number of hydrogen-bond acceptors (Lipinski definition) is 4. The van der Waals surface area contributed by atoms with Crippen molar-refractivity contribution in [2.45, 2.75) is 24.7 Å². The van der Waals surface area contributed by atoms with Crippen LogP contribution in [0.5, 0.6) is 0 Å². The summed E-state index contributed by atoms with van der Waals surface area (Å²) in [6, 6.07) is 10.6. The van der Waals surface area contributed by atoms with Gasteiger partial charge in [0.2, 0.25) is 10.0 Å². The maximum Gasteiger partial charge on any atom is 0.261 e. The Labute approximate surface area is 152 Å². The number of amides is 1. The molecule has 1 saturated heterocycles. The molecule has 1 N–H and O–H groups in total. The topological polar surface area (TPSA) is 66.5 Å². The number of sulfonamides is 1. The highest BCUT2D eigenvalue weighted by Crippen LogP contribution is 2.24. The van der Waals surface area contributed by atoms with Crippen LogP contribution in [0.15, 0.2) is 46.7 Å². The van der Waals surface area contributed by atoms with Gasteiger partial charge in [-0.15, -0.1) is 11.3 Å². The van der Waals surface area contributed by atoms with Crippen molar-refractivity contribution in [1.29, 1.82) is 0 Å². The number of hydrogen-bond donors (Lipinski definition) is 1. The average Bonchev–Trinajstić information content (AvgIpc) is 3.15. The van der Waals surface area contributed by atoms with E-state index in [-0.39, 0.29) is 11.8 Å². The van der Waals surface area contributed by atoms with Crippen LogP contribution in [0.2, 0.25) is 0 Å². The van der Waals surface area contributed by atoms with Crippen molar-refractivity contribution in [2.75, 3.05) is 19.6 Å². The van der Waals surface area contributed by atoms with Crippen LogP contribution < -0.4 is 5.32 Å². The maximum absolute atomic E-state index is 12.8. The first-order valence-electron chi connectivity index (χ1n) is 8.35. The van der Waals surface area contributed by atoms with Gasteiger partial charge in [0.25, 0.3) is 5.91 Å². The molecule has 1 aliphatic heterocycles. The minimum atomic E-state index is -3.47. The van der Waals surface area contributed by atoms with E-state index < -0.39 is 10.0 Å². The molecule has 7 heteroatoms. The molecule has 0 bridgehead atoms. The summed E-state index contributed by atoms with van der Waals surface area (Å²) in [4.78, 5) is 13.1. The highest BCUT2D eigenvalue weighted by Gasteiger charge is 2.30. The Balaban J connectivity index is 1.62. The summed E-state index contributed by atoms with van der Waals surface area (Å²) in [5, 5.41) is 4.79. The lowest BCUT2D eigenvalue weighted by atomic mass is 10.00. The van der Waals surface area contributed by atoms with Crippen molar-refractivity contribution in [1.82, 2.24) is 9.62 Å². The van der Waals surface area contributed by atoms with Crippen molar-refractivity contribution in [2.24, 2.45) is 5.92 Å². The molecule has 1 aromatic heterocycles. The summed E-state index contributed by atoms with van der Waals surface area (Å²) < 4.78 is 27.2.